The summed E-state index contributed by atoms with van der Waals surface area (Å²) in [6.07, 6.45) is 3.27. The first-order valence-corrected chi connectivity index (χ1v) is 9.05. The Bertz CT molecular complexity index is 794. The number of carbonyl (C=O) groups excluding carboxylic acids is 1. The molecule has 7 heteroatoms. The number of ether oxygens (including phenoxy) is 1. The number of sulfone groups is 1. The topological polar surface area (TPSA) is 84.8 Å². The largest absolute Gasteiger partial charge is 0.495 e. The highest BCUT2D eigenvalue weighted by Crippen LogP contribution is 2.29. The molecular weight excluding hydrogens is 316 g/mol. The van der Waals surface area contributed by atoms with Gasteiger partial charge in [0, 0.05) is 18.6 Å². The molecule has 0 fully saturated rings. The van der Waals surface area contributed by atoms with E-state index in [0.29, 0.717) is 17.7 Å². The van der Waals surface area contributed by atoms with Crippen molar-refractivity contribution in [2.45, 2.75) is 25.2 Å². The number of benzene rings is 1. The van der Waals surface area contributed by atoms with Gasteiger partial charge in [-0.1, -0.05) is 19.1 Å². The quantitative estimate of drug-likeness (QED) is 0.911. The Labute approximate surface area is 136 Å². The van der Waals surface area contributed by atoms with Crippen LogP contribution >= 0.6 is 0 Å². The van der Waals surface area contributed by atoms with Gasteiger partial charge in [0.05, 0.1) is 12.8 Å². The number of hydrogen-bond donors (Lipinski definition) is 1. The molecule has 1 aliphatic heterocycles. The van der Waals surface area contributed by atoms with E-state index in [2.05, 4.69) is 10.5 Å². The third-order valence-electron chi connectivity index (χ3n) is 3.64. The van der Waals surface area contributed by atoms with Gasteiger partial charge < -0.3 is 4.74 Å². The summed E-state index contributed by atoms with van der Waals surface area (Å²) < 4.78 is 29.4. The number of hydrogen-bond acceptors (Lipinski definition) is 5. The zero-order valence-corrected chi connectivity index (χ0v) is 14.4. The average molecular weight is 336 g/mol. The van der Waals surface area contributed by atoms with Crippen LogP contribution in [0.15, 0.2) is 33.8 Å². The molecule has 1 N–H and O–H groups in total. The summed E-state index contributed by atoms with van der Waals surface area (Å²) in [6.45, 7) is 3.76. The molecule has 1 unspecified atom stereocenters. The van der Waals surface area contributed by atoms with Gasteiger partial charge in [-0.25, -0.2) is 13.8 Å². The van der Waals surface area contributed by atoms with E-state index in [1.165, 1.54) is 7.11 Å². The normalized spacial score (nSPS) is 19.1. The van der Waals surface area contributed by atoms with Crippen molar-refractivity contribution in [1.29, 1.82) is 0 Å². The molecule has 1 aliphatic rings. The fourth-order valence-corrected chi connectivity index (χ4v) is 3.71. The predicted molar refractivity (Wildman–Crippen MR) is 89.1 cm³/mol. The predicted octanol–water partition coefficient (Wildman–Crippen LogP) is 2.01. The zero-order chi connectivity index (χ0) is 17.2. The molecule has 1 heterocycles. The van der Waals surface area contributed by atoms with Crippen LogP contribution in [0.1, 0.15) is 25.8 Å². The second kappa shape index (κ2) is 6.54. The van der Waals surface area contributed by atoms with Crippen LogP contribution in [0, 0.1) is 5.92 Å². The summed E-state index contributed by atoms with van der Waals surface area (Å²) in [4.78, 5) is 11.5. The van der Waals surface area contributed by atoms with E-state index in [9.17, 15) is 13.2 Å². The molecular formula is C16H20N2O4S. The highest BCUT2D eigenvalue weighted by Gasteiger charge is 2.23. The maximum Gasteiger partial charge on any atom is 0.240 e. The Morgan fingerprint density at radius 3 is 2.70 bits per heavy atom. The van der Waals surface area contributed by atoms with Crippen LogP contribution in [0.3, 0.4) is 0 Å². The summed E-state index contributed by atoms with van der Waals surface area (Å²) in [5.74, 6) is 0.167. The summed E-state index contributed by atoms with van der Waals surface area (Å²) >= 11 is 0. The zero-order valence-electron chi connectivity index (χ0n) is 13.6. The van der Waals surface area contributed by atoms with Gasteiger partial charge in [0.1, 0.15) is 10.6 Å². The number of carbonyl (C=O) groups is 1. The lowest BCUT2D eigenvalue weighted by Gasteiger charge is -2.20. The van der Waals surface area contributed by atoms with Gasteiger partial charge in [0.15, 0.2) is 9.84 Å². The lowest BCUT2D eigenvalue weighted by molar-refractivity contribution is -0.121. The Morgan fingerprint density at radius 2 is 2.13 bits per heavy atom. The van der Waals surface area contributed by atoms with Crippen molar-refractivity contribution in [2.75, 3.05) is 13.4 Å². The minimum atomic E-state index is -3.45. The summed E-state index contributed by atoms with van der Waals surface area (Å²) in [7, 11) is -2.02. The first-order chi connectivity index (χ1) is 10.7. The SMILES string of the molecule is COc1cccc(C=C(C)C2=NNC(=O)CC2C)c1S(C)(=O)=O. The fraction of sp³-hybridized carbons (Fsp3) is 0.375. The Hall–Kier alpha value is -2.15. The number of allylic oxidation sites excluding steroid dienone is 1. The van der Waals surface area contributed by atoms with Crippen LogP contribution in [0.2, 0.25) is 0 Å². The van der Waals surface area contributed by atoms with Crippen LogP contribution in [0.25, 0.3) is 6.08 Å². The van der Waals surface area contributed by atoms with Gasteiger partial charge in [-0.3, -0.25) is 4.79 Å². The molecule has 0 radical (unpaired) electrons. The van der Waals surface area contributed by atoms with Crippen molar-refractivity contribution in [2.24, 2.45) is 11.0 Å². The molecule has 0 spiro atoms. The van der Waals surface area contributed by atoms with Crippen molar-refractivity contribution in [3.8, 4) is 5.75 Å². The number of methoxy groups -OCH3 is 1. The second-order valence-corrected chi connectivity index (χ2v) is 7.57. The number of nitrogens with one attached hydrogen (secondary N) is 1. The molecule has 1 atom stereocenters. The molecule has 23 heavy (non-hydrogen) atoms. The minimum Gasteiger partial charge on any atom is -0.495 e. The van der Waals surface area contributed by atoms with E-state index in [4.69, 9.17) is 4.74 Å². The van der Waals surface area contributed by atoms with Crippen molar-refractivity contribution >= 4 is 27.5 Å². The van der Waals surface area contributed by atoms with Crippen molar-refractivity contribution in [3.63, 3.8) is 0 Å². The lowest BCUT2D eigenvalue weighted by Crippen LogP contribution is -2.31. The van der Waals surface area contributed by atoms with Gasteiger partial charge in [-0.05, 0) is 30.2 Å². The number of rotatable bonds is 4. The molecule has 1 aromatic carbocycles. The van der Waals surface area contributed by atoms with E-state index in [0.717, 1.165) is 17.5 Å². The minimum absolute atomic E-state index is 0.0210. The van der Waals surface area contributed by atoms with E-state index in [1.54, 1.807) is 24.3 Å². The van der Waals surface area contributed by atoms with Gasteiger partial charge >= 0.3 is 0 Å². The van der Waals surface area contributed by atoms with Gasteiger partial charge in [-0.15, -0.1) is 0 Å². The third-order valence-corrected chi connectivity index (χ3v) is 4.81. The first kappa shape index (κ1) is 17.2. The van der Waals surface area contributed by atoms with Gasteiger partial charge in [0.2, 0.25) is 5.91 Å². The third kappa shape index (κ3) is 3.79. The van der Waals surface area contributed by atoms with E-state index < -0.39 is 9.84 Å². The van der Waals surface area contributed by atoms with Crippen LogP contribution in [0.5, 0.6) is 5.75 Å². The smallest absolute Gasteiger partial charge is 0.240 e. The van der Waals surface area contributed by atoms with Gasteiger partial charge in [-0.2, -0.15) is 5.10 Å². The molecule has 0 saturated carbocycles. The van der Waals surface area contributed by atoms with Crippen LogP contribution in [0.4, 0.5) is 0 Å². The molecule has 6 nitrogen and oxygen atoms in total. The van der Waals surface area contributed by atoms with Gasteiger partial charge in [0.25, 0.3) is 0 Å². The molecule has 1 amide bonds. The molecule has 0 bridgehead atoms. The van der Waals surface area contributed by atoms with Crippen molar-refractivity contribution in [1.82, 2.24) is 5.43 Å². The number of hydrazone groups is 1. The van der Waals surface area contributed by atoms with Crippen molar-refractivity contribution < 1.29 is 17.9 Å². The highest BCUT2D eigenvalue weighted by atomic mass is 32.2. The summed E-state index contributed by atoms with van der Waals surface area (Å²) in [5, 5.41) is 4.09. The summed E-state index contributed by atoms with van der Waals surface area (Å²) in [5.41, 5.74) is 4.54. The maximum absolute atomic E-state index is 12.1. The first-order valence-electron chi connectivity index (χ1n) is 7.16. The Balaban J connectivity index is 2.53. The van der Waals surface area contributed by atoms with E-state index >= 15 is 0 Å². The fourth-order valence-electron chi connectivity index (χ4n) is 2.64. The highest BCUT2D eigenvalue weighted by molar-refractivity contribution is 7.90. The van der Waals surface area contributed by atoms with E-state index in [-0.39, 0.29) is 16.7 Å². The second-order valence-electron chi connectivity index (χ2n) is 5.62. The molecule has 0 aromatic heterocycles. The molecule has 2 rings (SSSR count). The van der Waals surface area contributed by atoms with Crippen LogP contribution < -0.4 is 10.2 Å². The number of amides is 1. The molecule has 124 valence electrons. The monoisotopic (exact) mass is 336 g/mol. The summed E-state index contributed by atoms with van der Waals surface area (Å²) in [6, 6.07) is 5.07. The van der Waals surface area contributed by atoms with Crippen molar-refractivity contribution in [3.05, 3.63) is 29.3 Å². The average Bonchev–Trinajstić information content (AvgIpc) is 2.45. The molecule has 0 aliphatic carbocycles. The van der Waals surface area contributed by atoms with E-state index in [1.807, 2.05) is 13.8 Å². The standard InChI is InChI=1S/C16H20N2O4S/c1-10(15-11(2)9-14(19)17-18-15)8-12-6-5-7-13(22-3)16(12)23(4,20)21/h5-8,11H,9H2,1-4H3,(H,17,19). The lowest BCUT2D eigenvalue weighted by atomic mass is 9.93. The Kier molecular flexibility index (Phi) is 4.89. The molecule has 0 saturated heterocycles. The number of nitrogens with zero attached hydrogens (tertiary/aromatic N) is 1. The Morgan fingerprint density at radius 1 is 1.43 bits per heavy atom. The molecule has 1 aromatic rings. The maximum atomic E-state index is 12.1. The van der Waals surface area contributed by atoms with Crippen LogP contribution in [-0.2, 0) is 14.6 Å². The van der Waals surface area contributed by atoms with Crippen LogP contribution in [-0.4, -0.2) is 33.4 Å².